The summed E-state index contributed by atoms with van der Waals surface area (Å²) < 4.78 is 15.5. The van der Waals surface area contributed by atoms with Gasteiger partial charge < -0.3 is 10.6 Å². The van der Waals surface area contributed by atoms with Crippen molar-refractivity contribution < 1.29 is 4.39 Å². The summed E-state index contributed by atoms with van der Waals surface area (Å²) >= 11 is 0. The third-order valence-electron chi connectivity index (χ3n) is 3.35. The maximum absolute atomic E-state index is 13.6. The lowest BCUT2D eigenvalue weighted by Crippen LogP contribution is -2.39. The Morgan fingerprint density at radius 1 is 1.29 bits per heavy atom. The minimum atomic E-state index is -0.172. The van der Waals surface area contributed by atoms with Crippen LogP contribution in [0.15, 0.2) is 41.7 Å². The third-order valence-corrected chi connectivity index (χ3v) is 3.35. The summed E-state index contributed by atoms with van der Waals surface area (Å²) in [6, 6.07) is 6.82. The van der Waals surface area contributed by atoms with E-state index in [4.69, 9.17) is 0 Å². The molecule has 0 spiro atoms. The first-order valence-electron chi connectivity index (χ1n) is 7.93. The molecule has 0 bridgehead atoms. The maximum Gasteiger partial charge on any atom is 0.191 e. The highest BCUT2D eigenvalue weighted by molar-refractivity contribution is 14.0. The van der Waals surface area contributed by atoms with Gasteiger partial charge in [-0.05, 0) is 37.5 Å². The average molecular weight is 445 g/mol. The van der Waals surface area contributed by atoms with Crippen LogP contribution >= 0.6 is 24.0 Å². The van der Waals surface area contributed by atoms with Gasteiger partial charge >= 0.3 is 0 Å². The van der Waals surface area contributed by atoms with Crippen LogP contribution in [0, 0.1) is 12.7 Å². The number of benzene rings is 1. The number of nitrogens with zero attached hydrogens (tertiary/aromatic N) is 3. The number of aliphatic imine (C=N–C) groups is 1. The van der Waals surface area contributed by atoms with Gasteiger partial charge in [0.05, 0.1) is 12.7 Å². The van der Waals surface area contributed by atoms with Gasteiger partial charge in [-0.3, -0.25) is 9.67 Å². The van der Waals surface area contributed by atoms with Crippen LogP contribution in [-0.2, 0) is 13.0 Å². The van der Waals surface area contributed by atoms with Crippen molar-refractivity contribution in [2.24, 2.45) is 4.99 Å². The molecule has 0 radical (unpaired) electrons. The molecule has 0 aliphatic rings. The molecule has 5 nitrogen and oxygen atoms in total. The number of hydrogen-bond donors (Lipinski definition) is 2. The molecule has 1 aromatic carbocycles. The molecule has 24 heavy (non-hydrogen) atoms. The Balaban J connectivity index is 0.00000288. The summed E-state index contributed by atoms with van der Waals surface area (Å²) in [6.45, 7) is 6.86. The van der Waals surface area contributed by atoms with Gasteiger partial charge in [0.1, 0.15) is 5.82 Å². The first-order valence-corrected chi connectivity index (χ1v) is 7.93. The van der Waals surface area contributed by atoms with E-state index in [1.807, 2.05) is 37.0 Å². The lowest BCUT2D eigenvalue weighted by Gasteiger charge is -2.11. The van der Waals surface area contributed by atoms with E-state index in [1.165, 1.54) is 6.07 Å². The van der Waals surface area contributed by atoms with Crippen molar-refractivity contribution in [1.29, 1.82) is 0 Å². The van der Waals surface area contributed by atoms with Gasteiger partial charge in [-0.1, -0.05) is 18.2 Å². The highest BCUT2D eigenvalue weighted by Gasteiger charge is 2.01. The molecule has 0 unspecified atom stereocenters. The van der Waals surface area contributed by atoms with E-state index in [-0.39, 0.29) is 29.8 Å². The molecular formula is C17H25FIN5. The summed E-state index contributed by atoms with van der Waals surface area (Å²) in [7, 11) is 0. The molecule has 2 aromatic rings. The van der Waals surface area contributed by atoms with Crippen LogP contribution in [-0.4, -0.2) is 35.4 Å². The van der Waals surface area contributed by atoms with Gasteiger partial charge in [0, 0.05) is 25.8 Å². The molecule has 2 rings (SSSR count). The van der Waals surface area contributed by atoms with Crippen LogP contribution in [0.5, 0.6) is 0 Å². The number of halogens is 2. The summed E-state index contributed by atoms with van der Waals surface area (Å²) in [5, 5.41) is 10.7. The Hall–Kier alpha value is -1.64. The molecule has 1 aromatic heterocycles. The van der Waals surface area contributed by atoms with Gasteiger partial charge in [-0.15, -0.1) is 24.0 Å². The number of guanidine groups is 1. The number of nitrogens with one attached hydrogen (secondary N) is 2. The molecule has 2 N–H and O–H groups in total. The number of rotatable bonds is 7. The Bertz CT molecular complexity index is 641. The fourth-order valence-electron chi connectivity index (χ4n) is 2.21. The van der Waals surface area contributed by atoms with Crippen molar-refractivity contribution in [2.75, 3.05) is 19.6 Å². The van der Waals surface area contributed by atoms with Crippen molar-refractivity contribution in [3.63, 3.8) is 0 Å². The molecule has 0 saturated heterocycles. The Kier molecular flexibility index (Phi) is 9.36. The van der Waals surface area contributed by atoms with E-state index in [0.29, 0.717) is 18.5 Å². The van der Waals surface area contributed by atoms with Gasteiger partial charge in [0.15, 0.2) is 5.96 Å². The van der Waals surface area contributed by atoms with Gasteiger partial charge in [-0.25, -0.2) is 4.39 Å². The zero-order chi connectivity index (χ0) is 16.5. The predicted octanol–water partition coefficient (Wildman–Crippen LogP) is 2.75. The largest absolute Gasteiger partial charge is 0.357 e. The molecule has 0 fully saturated rings. The van der Waals surface area contributed by atoms with E-state index in [9.17, 15) is 4.39 Å². The first kappa shape index (κ1) is 20.4. The van der Waals surface area contributed by atoms with Crippen LogP contribution in [0.25, 0.3) is 0 Å². The SMILES string of the molecule is CCNC(=NCCc1ccccc1F)NCCn1cc(C)cn1.I. The van der Waals surface area contributed by atoms with Crippen molar-refractivity contribution in [3.05, 3.63) is 53.6 Å². The minimum Gasteiger partial charge on any atom is -0.357 e. The standard InChI is InChI=1S/C17H24FN5.HI/c1-3-19-17(21-10-11-23-13-14(2)12-22-23)20-9-8-15-6-4-5-7-16(15)18;/h4-7,12-13H,3,8-11H2,1-2H3,(H2,19,20,21);1H. The zero-order valence-electron chi connectivity index (χ0n) is 14.1. The van der Waals surface area contributed by atoms with E-state index in [1.54, 1.807) is 12.1 Å². The second-order valence-electron chi connectivity index (χ2n) is 5.31. The second kappa shape index (κ2) is 11.0. The van der Waals surface area contributed by atoms with Crippen LogP contribution in [0.3, 0.4) is 0 Å². The Morgan fingerprint density at radius 2 is 2.08 bits per heavy atom. The van der Waals surface area contributed by atoms with Gasteiger partial charge in [0.25, 0.3) is 0 Å². The Morgan fingerprint density at radius 3 is 2.75 bits per heavy atom. The molecule has 1 heterocycles. The molecule has 132 valence electrons. The van der Waals surface area contributed by atoms with Crippen LogP contribution in [0.4, 0.5) is 4.39 Å². The smallest absolute Gasteiger partial charge is 0.191 e. The first-order chi connectivity index (χ1) is 11.2. The van der Waals surface area contributed by atoms with E-state index in [0.717, 1.165) is 31.2 Å². The van der Waals surface area contributed by atoms with Gasteiger partial charge in [0.2, 0.25) is 0 Å². The molecule has 0 aliphatic heterocycles. The van der Waals surface area contributed by atoms with Crippen LogP contribution in [0.2, 0.25) is 0 Å². The molecule has 7 heteroatoms. The number of aromatic nitrogens is 2. The lowest BCUT2D eigenvalue weighted by molar-refractivity contribution is 0.596. The normalized spacial score (nSPS) is 11.0. The average Bonchev–Trinajstić information content (AvgIpc) is 2.94. The van der Waals surface area contributed by atoms with Crippen molar-refractivity contribution in [3.8, 4) is 0 Å². The highest BCUT2D eigenvalue weighted by Crippen LogP contribution is 2.06. The van der Waals surface area contributed by atoms with E-state index < -0.39 is 0 Å². The number of hydrogen-bond acceptors (Lipinski definition) is 2. The van der Waals surface area contributed by atoms with Crippen molar-refractivity contribution in [2.45, 2.75) is 26.8 Å². The monoisotopic (exact) mass is 445 g/mol. The maximum atomic E-state index is 13.6. The van der Waals surface area contributed by atoms with Gasteiger partial charge in [-0.2, -0.15) is 5.10 Å². The molecular weight excluding hydrogens is 420 g/mol. The summed E-state index contributed by atoms with van der Waals surface area (Å²) in [5.74, 6) is 0.572. The third kappa shape index (κ3) is 6.86. The molecule has 0 atom stereocenters. The molecule has 0 saturated carbocycles. The fraction of sp³-hybridized carbons (Fsp3) is 0.412. The lowest BCUT2D eigenvalue weighted by atomic mass is 10.1. The second-order valence-corrected chi connectivity index (χ2v) is 5.31. The zero-order valence-corrected chi connectivity index (χ0v) is 16.5. The Labute approximate surface area is 159 Å². The summed E-state index contributed by atoms with van der Waals surface area (Å²) in [5.41, 5.74) is 1.84. The topological polar surface area (TPSA) is 54.2 Å². The van der Waals surface area contributed by atoms with Crippen LogP contribution in [0.1, 0.15) is 18.1 Å². The molecule has 0 aliphatic carbocycles. The minimum absolute atomic E-state index is 0. The van der Waals surface area contributed by atoms with E-state index in [2.05, 4.69) is 20.7 Å². The van der Waals surface area contributed by atoms with Crippen molar-refractivity contribution >= 4 is 29.9 Å². The summed E-state index contributed by atoms with van der Waals surface area (Å²) in [6.07, 6.45) is 4.43. The summed E-state index contributed by atoms with van der Waals surface area (Å²) in [4.78, 5) is 4.48. The van der Waals surface area contributed by atoms with Crippen molar-refractivity contribution in [1.82, 2.24) is 20.4 Å². The van der Waals surface area contributed by atoms with E-state index >= 15 is 0 Å². The van der Waals surface area contributed by atoms with Crippen LogP contribution < -0.4 is 10.6 Å². The highest BCUT2D eigenvalue weighted by atomic mass is 127. The molecule has 0 amide bonds. The fourth-order valence-corrected chi connectivity index (χ4v) is 2.21. The predicted molar refractivity (Wildman–Crippen MR) is 106 cm³/mol. The quantitative estimate of drug-likeness (QED) is 0.392. The number of aryl methyl sites for hydroxylation is 1.